The lowest BCUT2D eigenvalue weighted by atomic mass is 10.1. The van der Waals surface area contributed by atoms with Crippen LogP contribution in [0.25, 0.3) is 28.2 Å². The van der Waals surface area contributed by atoms with Gasteiger partial charge in [-0.3, -0.25) is 4.79 Å². The molecule has 0 fully saturated rings. The standard InChI is InChI=1S/C25H21ClN4O3/c1-3-32-20-10-6-17(7-11-20)21-14-23-25(31)29(12-13-30(23)28-21)15-22-16(2)33-24(27-22)18-4-8-19(26)9-5-18/h4-14H,3,15H2,1-2H3. The van der Waals surface area contributed by atoms with Crippen LogP contribution in [-0.2, 0) is 6.54 Å². The van der Waals surface area contributed by atoms with Crippen molar-refractivity contribution in [1.29, 1.82) is 0 Å². The minimum absolute atomic E-state index is 0.155. The van der Waals surface area contributed by atoms with Crippen LogP contribution in [0.15, 0.2) is 76.2 Å². The van der Waals surface area contributed by atoms with Crippen LogP contribution in [0.5, 0.6) is 5.75 Å². The van der Waals surface area contributed by atoms with Crippen molar-refractivity contribution >= 4 is 17.1 Å². The van der Waals surface area contributed by atoms with E-state index in [-0.39, 0.29) is 5.56 Å². The Hall–Kier alpha value is -3.84. The van der Waals surface area contributed by atoms with Crippen molar-refractivity contribution in [3.05, 3.63) is 93.8 Å². The highest BCUT2D eigenvalue weighted by Crippen LogP contribution is 2.24. The molecule has 0 aliphatic rings. The molecule has 8 heteroatoms. The summed E-state index contributed by atoms with van der Waals surface area (Å²) in [7, 11) is 0. The quantitative estimate of drug-likeness (QED) is 0.347. The minimum atomic E-state index is -0.155. The second-order valence-electron chi connectivity index (χ2n) is 7.58. The van der Waals surface area contributed by atoms with E-state index in [2.05, 4.69) is 10.1 Å². The molecular formula is C25H21ClN4O3. The van der Waals surface area contributed by atoms with Crippen LogP contribution in [0, 0.1) is 6.92 Å². The fraction of sp³-hybridized carbons (Fsp3) is 0.160. The number of nitrogens with zero attached hydrogens (tertiary/aromatic N) is 4. The summed E-state index contributed by atoms with van der Waals surface area (Å²) in [4.78, 5) is 17.7. The first-order chi connectivity index (χ1) is 16.0. The number of hydrogen-bond acceptors (Lipinski definition) is 5. The number of oxazole rings is 1. The average molecular weight is 461 g/mol. The summed E-state index contributed by atoms with van der Waals surface area (Å²) in [6.07, 6.45) is 3.48. The summed E-state index contributed by atoms with van der Waals surface area (Å²) in [5, 5.41) is 5.20. The number of fused-ring (bicyclic) bond motifs is 1. The Bertz CT molecular complexity index is 1480. The zero-order valence-electron chi connectivity index (χ0n) is 18.2. The van der Waals surface area contributed by atoms with Gasteiger partial charge in [-0.05, 0) is 68.4 Å². The van der Waals surface area contributed by atoms with Crippen molar-refractivity contribution in [2.45, 2.75) is 20.4 Å². The largest absolute Gasteiger partial charge is 0.494 e. The molecule has 0 N–H and O–H groups in total. The number of benzene rings is 2. The summed E-state index contributed by atoms with van der Waals surface area (Å²) < 4.78 is 14.5. The van der Waals surface area contributed by atoms with E-state index in [1.807, 2.05) is 50.2 Å². The van der Waals surface area contributed by atoms with Crippen LogP contribution in [0.3, 0.4) is 0 Å². The second kappa shape index (κ2) is 8.60. The monoisotopic (exact) mass is 460 g/mol. The van der Waals surface area contributed by atoms with Gasteiger partial charge in [-0.25, -0.2) is 9.50 Å². The van der Waals surface area contributed by atoms with Gasteiger partial charge in [-0.2, -0.15) is 5.10 Å². The van der Waals surface area contributed by atoms with E-state index in [0.717, 1.165) is 22.6 Å². The molecule has 0 amide bonds. The van der Waals surface area contributed by atoms with Crippen LogP contribution < -0.4 is 10.3 Å². The third-order valence-corrected chi connectivity index (χ3v) is 5.62. The summed E-state index contributed by atoms with van der Waals surface area (Å²) in [6.45, 7) is 4.69. The molecule has 33 heavy (non-hydrogen) atoms. The molecule has 0 radical (unpaired) electrons. The molecule has 0 saturated heterocycles. The van der Waals surface area contributed by atoms with Gasteiger partial charge in [0, 0.05) is 28.5 Å². The first-order valence-corrected chi connectivity index (χ1v) is 10.9. The Kier molecular flexibility index (Phi) is 5.48. The van der Waals surface area contributed by atoms with Gasteiger partial charge in [0.25, 0.3) is 5.56 Å². The van der Waals surface area contributed by atoms with Crippen LogP contribution in [-0.4, -0.2) is 25.8 Å². The summed E-state index contributed by atoms with van der Waals surface area (Å²) in [5.74, 6) is 1.96. The van der Waals surface area contributed by atoms with Gasteiger partial charge in [0.1, 0.15) is 22.7 Å². The number of hydrogen-bond donors (Lipinski definition) is 0. The van der Waals surface area contributed by atoms with Crippen molar-refractivity contribution in [3.8, 4) is 28.5 Å². The average Bonchev–Trinajstić information content (AvgIpc) is 3.41. The molecular weight excluding hydrogens is 440 g/mol. The maximum atomic E-state index is 13.2. The molecule has 166 valence electrons. The fourth-order valence-corrected chi connectivity index (χ4v) is 3.76. The highest BCUT2D eigenvalue weighted by atomic mass is 35.5. The first-order valence-electron chi connectivity index (χ1n) is 10.6. The molecule has 0 saturated carbocycles. The number of rotatable bonds is 6. The molecule has 2 aromatic carbocycles. The van der Waals surface area contributed by atoms with Crippen molar-refractivity contribution in [3.63, 3.8) is 0 Å². The SMILES string of the molecule is CCOc1ccc(-c2cc3c(=O)n(Cc4nc(-c5ccc(Cl)cc5)oc4C)ccn3n2)cc1. The molecule has 3 heterocycles. The molecule has 7 nitrogen and oxygen atoms in total. The highest BCUT2D eigenvalue weighted by Gasteiger charge is 2.15. The van der Waals surface area contributed by atoms with Crippen LogP contribution in [0.1, 0.15) is 18.4 Å². The Balaban J connectivity index is 1.44. The van der Waals surface area contributed by atoms with Gasteiger partial charge in [0.05, 0.1) is 18.8 Å². The Morgan fingerprint density at radius 3 is 2.48 bits per heavy atom. The summed E-state index contributed by atoms with van der Waals surface area (Å²) in [6, 6.07) is 16.7. The number of ether oxygens (including phenoxy) is 1. The van der Waals surface area contributed by atoms with Crippen LogP contribution in [0.2, 0.25) is 5.02 Å². The molecule has 5 rings (SSSR count). The van der Waals surface area contributed by atoms with Gasteiger partial charge >= 0.3 is 0 Å². The second-order valence-corrected chi connectivity index (χ2v) is 8.01. The number of halogens is 1. The van der Waals surface area contributed by atoms with Gasteiger partial charge in [-0.15, -0.1) is 0 Å². The molecule has 0 aliphatic carbocycles. The van der Waals surface area contributed by atoms with Gasteiger partial charge < -0.3 is 13.7 Å². The fourth-order valence-electron chi connectivity index (χ4n) is 3.63. The normalized spacial score (nSPS) is 11.2. The Labute approximate surface area is 194 Å². The van der Waals surface area contributed by atoms with Crippen molar-refractivity contribution < 1.29 is 9.15 Å². The Morgan fingerprint density at radius 1 is 1.03 bits per heavy atom. The lowest BCUT2D eigenvalue weighted by Gasteiger charge is -2.04. The van der Waals surface area contributed by atoms with Crippen molar-refractivity contribution in [2.75, 3.05) is 6.61 Å². The molecule has 0 bridgehead atoms. The maximum absolute atomic E-state index is 13.2. The maximum Gasteiger partial charge on any atom is 0.276 e. The third-order valence-electron chi connectivity index (χ3n) is 5.37. The van der Waals surface area contributed by atoms with E-state index in [9.17, 15) is 4.79 Å². The van der Waals surface area contributed by atoms with E-state index in [0.29, 0.717) is 41.0 Å². The smallest absolute Gasteiger partial charge is 0.276 e. The predicted octanol–water partition coefficient (Wildman–Crippen LogP) is 5.23. The van der Waals surface area contributed by atoms with Gasteiger partial charge in [-0.1, -0.05) is 11.6 Å². The lowest BCUT2D eigenvalue weighted by Crippen LogP contribution is -2.22. The molecule has 5 aromatic rings. The number of aromatic nitrogens is 4. The summed E-state index contributed by atoms with van der Waals surface area (Å²) in [5.41, 5.74) is 3.48. The molecule has 3 aromatic heterocycles. The van der Waals surface area contributed by atoms with Crippen molar-refractivity contribution in [2.24, 2.45) is 0 Å². The Morgan fingerprint density at radius 2 is 1.76 bits per heavy atom. The predicted molar refractivity (Wildman–Crippen MR) is 127 cm³/mol. The van der Waals surface area contributed by atoms with E-state index in [4.69, 9.17) is 20.8 Å². The molecule has 0 aliphatic heterocycles. The highest BCUT2D eigenvalue weighted by molar-refractivity contribution is 6.30. The molecule has 0 spiro atoms. The summed E-state index contributed by atoms with van der Waals surface area (Å²) >= 11 is 5.97. The van der Waals surface area contributed by atoms with E-state index in [1.54, 1.807) is 39.7 Å². The minimum Gasteiger partial charge on any atom is -0.494 e. The van der Waals surface area contributed by atoms with E-state index in [1.165, 1.54) is 0 Å². The topological polar surface area (TPSA) is 74.6 Å². The molecule has 0 atom stereocenters. The van der Waals surface area contributed by atoms with E-state index < -0.39 is 0 Å². The lowest BCUT2D eigenvalue weighted by molar-refractivity contribution is 0.340. The third kappa shape index (κ3) is 4.15. The van der Waals surface area contributed by atoms with E-state index >= 15 is 0 Å². The molecule has 0 unspecified atom stereocenters. The van der Waals surface area contributed by atoms with Gasteiger partial charge in [0.15, 0.2) is 0 Å². The zero-order chi connectivity index (χ0) is 22.9. The number of aryl methyl sites for hydroxylation is 1. The van der Waals surface area contributed by atoms with Gasteiger partial charge in [0.2, 0.25) is 5.89 Å². The van der Waals surface area contributed by atoms with Crippen LogP contribution in [0.4, 0.5) is 0 Å². The van der Waals surface area contributed by atoms with Crippen LogP contribution >= 0.6 is 11.6 Å². The van der Waals surface area contributed by atoms with Crippen molar-refractivity contribution in [1.82, 2.24) is 19.2 Å². The zero-order valence-corrected chi connectivity index (χ0v) is 18.9. The first kappa shape index (κ1) is 21.0.